The largest absolute Gasteiger partial charge is 0.381 e. The van der Waals surface area contributed by atoms with Gasteiger partial charge in [-0.25, -0.2) is 4.39 Å². The Morgan fingerprint density at radius 2 is 2.00 bits per heavy atom. The van der Waals surface area contributed by atoms with Crippen molar-refractivity contribution in [2.45, 2.75) is 18.9 Å². The summed E-state index contributed by atoms with van der Waals surface area (Å²) in [6.45, 7) is 1.39. The van der Waals surface area contributed by atoms with Crippen LogP contribution in [-0.2, 0) is 4.74 Å². The minimum Gasteiger partial charge on any atom is -0.381 e. The van der Waals surface area contributed by atoms with Crippen LogP contribution in [0.5, 0.6) is 0 Å². The van der Waals surface area contributed by atoms with E-state index in [-0.39, 0.29) is 17.0 Å². The van der Waals surface area contributed by atoms with E-state index in [9.17, 15) is 9.18 Å². The molecule has 3 atom stereocenters. The van der Waals surface area contributed by atoms with Crippen molar-refractivity contribution in [3.63, 3.8) is 0 Å². The molecule has 1 saturated heterocycles. The predicted molar refractivity (Wildman–Crippen MR) is 74.3 cm³/mol. The van der Waals surface area contributed by atoms with Crippen LogP contribution in [0.15, 0.2) is 18.2 Å². The second-order valence-corrected chi connectivity index (χ2v) is 6.04. The first-order valence-corrected chi connectivity index (χ1v) is 7.25. The van der Waals surface area contributed by atoms with Crippen LogP contribution in [0.1, 0.15) is 23.2 Å². The van der Waals surface area contributed by atoms with Crippen molar-refractivity contribution in [2.24, 2.45) is 11.8 Å². The van der Waals surface area contributed by atoms with Gasteiger partial charge in [0.2, 0.25) is 0 Å². The quantitative estimate of drug-likeness (QED) is 0.840. The Bertz CT molecular complexity index is 523. The molecule has 2 aliphatic rings. The van der Waals surface area contributed by atoms with E-state index in [0.29, 0.717) is 30.5 Å². The third kappa shape index (κ3) is 2.31. The molecule has 1 heterocycles. The van der Waals surface area contributed by atoms with E-state index < -0.39 is 5.82 Å². The summed E-state index contributed by atoms with van der Waals surface area (Å²) in [5, 5.41) is 0.177. The van der Waals surface area contributed by atoms with Crippen molar-refractivity contribution < 1.29 is 13.9 Å². The van der Waals surface area contributed by atoms with Crippen LogP contribution in [0.4, 0.5) is 4.39 Å². The summed E-state index contributed by atoms with van der Waals surface area (Å²) in [5.74, 6) is 0.273. The van der Waals surface area contributed by atoms with Crippen LogP contribution in [0.2, 0.25) is 5.02 Å². The van der Waals surface area contributed by atoms with E-state index in [4.69, 9.17) is 16.3 Å². The fourth-order valence-corrected chi connectivity index (χ4v) is 3.80. The molecule has 0 spiro atoms. The average Bonchev–Trinajstić information content (AvgIpc) is 2.66. The van der Waals surface area contributed by atoms with Crippen molar-refractivity contribution in [1.29, 1.82) is 0 Å². The highest BCUT2D eigenvalue weighted by atomic mass is 35.5. The van der Waals surface area contributed by atoms with Crippen molar-refractivity contribution in [3.8, 4) is 0 Å². The number of likely N-dealkylation sites (tertiary alicyclic amines) is 1. The standard InChI is InChI=1S/C15H17ClFNO2/c1-20-14-9-2-3-10(14)8-18(7-9)15(19)12-5-4-11(17)6-13(12)16/h4-6,9-10,14H,2-3,7-8H2,1H3/t9-,10+,14?. The van der Waals surface area contributed by atoms with Gasteiger partial charge < -0.3 is 9.64 Å². The van der Waals surface area contributed by atoms with E-state index in [1.807, 2.05) is 4.90 Å². The van der Waals surface area contributed by atoms with E-state index in [2.05, 4.69) is 0 Å². The Kier molecular flexibility index (Phi) is 3.69. The highest BCUT2D eigenvalue weighted by Crippen LogP contribution is 2.39. The Morgan fingerprint density at radius 3 is 2.55 bits per heavy atom. The van der Waals surface area contributed by atoms with Crippen LogP contribution in [0, 0.1) is 17.7 Å². The lowest BCUT2D eigenvalue weighted by Gasteiger charge is -2.37. The van der Waals surface area contributed by atoms with Crippen LogP contribution >= 0.6 is 11.6 Å². The number of halogens is 2. The molecule has 2 fully saturated rings. The van der Waals surface area contributed by atoms with Gasteiger partial charge in [-0.1, -0.05) is 11.6 Å². The molecule has 3 nitrogen and oxygen atoms in total. The van der Waals surface area contributed by atoms with Gasteiger partial charge in [0, 0.05) is 32.0 Å². The van der Waals surface area contributed by atoms with Gasteiger partial charge in [-0.05, 0) is 31.0 Å². The molecule has 1 amide bonds. The van der Waals surface area contributed by atoms with Crippen LogP contribution in [-0.4, -0.2) is 37.1 Å². The zero-order valence-corrected chi connectivity index (χ0v) is 12.1. The summed E-state index contributed by atoms with van der Waals surface area (Å²) < 4.78 is 18.6. The maximum atomic E-state index is 13.1. The number of carbonyl (C=O) groups is 1. The molecule has 2 bridgehead atoms. The normalized spacial score (nSPS) is 28.8. The smallest absolute Gasteiger partial charge is 0.255 e. The number of benzene rings is 1. The first kappa shape index (κ1) is 13.8. The number of carbonyl (C=O) groups excluding carboxylic acids is 1. The Morgan fingerprint density at radius 1 is 1.35 bits per heavy atom. The number of hydrogen-bond donors (Lipinski definition) is 0. The summed E-state index contributed by atoms with van der Waals surface area (Å²) in [5.41, 5.74) is 0.378. The molecule has 5 heteroatoms. The molecule has 1 saturated carbocycles. The maximum Gasteiger partial charge on any atom is 0.255 e. The van der Waals surface area contributed by atoms with E-state index >= 15 is 0 Å². The maximum absolute atomic E-state index is 13.1. The van der Waals surface area contributed by atoms with Gasteiger partial charge in [0.1, 0.15) is 5.82 Å². The molecule has 108 valence electrons. The fraction of sp³-hybridized carbons (Fsp3) is 0.533. The molecule has 1 aliphatic carbocycles. The molecule has 0 radical (unpaired) electrons. The fourth-order valence-electron chi connectivity index (χ4n) is 3.56. The summed E-state index contributed by atoms with van der Waals surface area (Å²) in [6, 6.07) is 3.92. The van der Waals surface area contributed by atoms with E-state index in [1.54, 1.807) is 7.11 Å². The number of ether oxygens (including phenoxy) is 1. The average molecular weight is 298 g/mol. The second-order valence-electron chi connectivity index (χ2n) is 5.63. The summed E-state index contributed by atoms with van der Waals surface area (Å²) in [6.07, 6.45) is 2.47. The first-order valence-electron chi connectivity index (χ1n) is 6.87. The zero-order valence-electron chi connectivity index (χ0n) is 11.3. The van der Waals surface area contributed by atoms with E-state index in [0.717, 1.165) is 12.8 Å². The summed E-state index contributed by atoms with van der Waals surface area (Å²) in [4.78, 5) is 14.4. The molecule has 1 aromatic rings. The predicted octanol–water partition coefficient (Wildman–Crippen LogP) is 2.98. The number of piperidine rings is 1. The minimum absolute atomic E-state index is 0.110. The van der Waals surface area contributed by atoms with Gasteiger partial charge in [-0.2, -0.15) is 0 Å². The topological polar surface area (TPSA) is 29.5 Å². The SMILES string of the molecule is COC1[C@@H]2CC[C@H]1CN(C(=O)c1ccc(F)cc1Cl)C2. The lowest BCUT2D eigenvalue weighted by molar-refractivity contribution is -0.0113. The minimum atomic E-state index is -0.426. The number of methoxy groups -OCH3 is 1. The molecular formula is C15H17ClFNO2. The number of amides is 1. The lowest BCUT2D eigenvalue weighted by Crippen LogP contribution is -2.48. The molecule has 0 N–H and O–H groups in total. The van der Waals surface area contributed by atoms with Gasteiger partial charge in [0.25, 0.3) is 5.91 Å². The summed E-state index contributed by atoms with van der Waals surface area (Å²) >= 11 is 5.98. The molecule has 3 rings (SSSR count). The van der Waals surface area contributed by atoms with Crippen LogP contribution < -0.4 is 0 Å². The highest BCUT2D eigenvalue weighted by molar-refractivity contribution is 6.33. The first-order chi connectivity index (χ1) is 9.60. The van der Waals surface area contributed by atoms with Crippen molar-refractivity contribution in [2.75, 3.05) is 20.2 Å². The number of hydrogen-bond acceptors (Lipinski definition) is 2. The zero-order chi connectivity index (χ0) is 14.3. The molecular weight excluding hydrogens is 281 g/mol. The molecule has 1 aromatic carbocycles. The van der Waals surface area contributed by atoms with Crippen molar-refractivity contribution in [3.05, 3.63) is 34.6 Å². The number of rotatable bonds is 2. The lowest BCUT2D eigenvalue weighted by atomic mass is 9.94. The van der Waals surface area contributed by atoms with Crippen molar-refractivity contribution >= 4 is 17.5 Å². The van der Waals surface area contributed by atoms with Gasteiger partial charge in [-0.15, -0.1) is 0 Å². The van der Waals surface area contributed by atoms with Crippen LogP contribution in [0.25, 0.3) is 0 Å². The Hall–Kier alpha value is -1.13. The number of fused-ring (bicyclic) bond motifs is 2. The number of nitrogens with zero attached hydrogens (tertiary/aromatic N) is 1. The van der Waals surface area contributed by atoms with Crippen molar-refractivity contribution in [1.82, 2.24) is 4.90 Å². The summed E-state index contributed by atoms with van der Waals surface area (Å²) in [7, 11) is 1.74. The third-order valence-corrected chi connectivity index (χ3v) is 4.78. The Labute approximate surface area is 122 Å². The van der Waals surface area contributed by atoms with Gasteiger partial charge in [0.05, 0.1) is 16.7 Å². The van der Waals surface area contributed by atoms with Crippen LogP contribution in [0.3, 0.4) is 0 Å². The van der Waals surface area contributed by atoms with Gasteiger partial charge in [0.15, 0.2) is 0 Å². The Balaban J connectivity index is 1.79. The third-order valence-electron chi connectivity index (χ3n) is 4.47. The molecule has 1 unspecified atom stereocenters. The monoisotopic (exact) mass is 297 g/mol. The molecule has 20 heavy (non-hydrogen) atoms. The van der Waals surface area contributed by atoms with E-state index in [1.165, 1.54) is 18.2 Å². The van der Waals surface area contributed by atoms with Gasteiger partial charge >= 0.3 is 0 Å². The molecule has 1 aliphatic heterocycles. The second kappa shape index (κ2) is 5.34. The highest BCUT2D eigenvalue weighted by Gasteiger charge is 2.43. The van der Waals surface area contributed by atoms with Gasteiger partial charge in [-0.3, -0.25) is 4.79 Å². The molecule has 0 aromatic heterocycles.